The van der Waals surface area contributed by atoms with E-state index in [1.807, 2.05) is 43.3 Å². The van der Waals surface area contributed by atoms with Gasteiger partial charge >= 0.3 is 5.97 Å². The van der Waals surface area contributed by atoms with Gasteiger partial charge in [-0.1, -0.05) is 18.2 Å². The SMILES string of the molecule is COC(=O)c1ccccc1Nc1cc(C)ccc1Br. The highest BCUT2D eigenvalue weighted by Gasteiger charge is 2.11. The number of aryl methyl sites for hydroxylation is 1. The molecule has 2 rings (SSSR count). The summed E-state index contributed by atoms with van der Waals surface area (Å²) in [5.74, 6) is -0.355. The quantitative estimate of drug-likeness (QED) is 0.858. The lowest BCUT2D eigenvalue weighted by molar-refractivity contribution is 0.0602. The van der Waals surface area contributed by atoms with Gasteiger partial charge in [-0.15, -0.1) is 0 Å². The highest BCUT2D eigenvalue weighted by atomic mass is 79.9. The maximum Gasteiger partial charge on any atom is 0.339 e. The van der Waals surface area contributed by atoms with E-state index in [1.54, 1.807) is 6.07 Å². The molecule has 0 spiro atoms. The molecule has 4 heteroatoms. The van der Waals surface area contributed by atoms with Crippen molar-refractivity contribution in [1.82, 2.24) is 0 Å². The molecular formula is C15H14BrNO2. The predicted octanol–water partition coefficient (Wildman–Crippen LogP) is 4.29. The van der Waals surface area contributed by atoms with Crippen LogP contribution < -0.4 is 5.32 Å². The smallest absolute Gasteiger partial charge is 0.339 e. The normalized spacial score (nSPS) is 10.1. The molecule has 0 radical (unpaired) electrons. The van der Waals surface area contributed by atoms with Gasteiger partial charge in [0.25, 0.3) is 0 Å². The zero-order valence-corrected chi connectivity index (χ0v) is 12.3. The van der Waals surface area contributed by atoms with E-state index in [4.69, 9.17) is 4.74 Å². The van der Waals surface area contributed by atoms with E-state index in [2.05, 4.69) is 21.2 Å². The first-order valence-electron chi connectivity index (χ1n) is 5.82. The van der Waals surface area contributed by atoms with E-state index in [0.29, 0.717) is 5.56 Å². The minimum absolute atomic E-state index is 0.355. The standard InChI is InChI=1S/C15H14BrNO2/c1-10-7-8-12(16)14(9-10)17-13-6-4-3-5-11(13)15(18)19-2/h3-9,17H,1-2H3. The number of carbonyl (C=O) groups is 1. The number of rotatable bonds is 3. The van der Waals surface area contributed by atoms with Crippen LogP contribution in [0.15, 0.2) is 46.9 Å². The van der Waals surface area contributed by atoms with Crippen molar-refractivity contribution in [3.63, 3.8) is 0 Å². The number of esters is 1. The minimum Gasteiger partial charge on any atom is -0.465 e. The van der Waals surface area contributed by atoms with Gasteiger partial charge in [-0.05, 0) is 52.7 Å². The molecule has 0 atom stereocenters. The van der Waals surface area contributed by atoms with Crippen molar-refractivity contribution in [3.8, 4) is 0 Å². The number of carbonyl (C=O) groups excluding carboxylic acids is 1. The number of anilines is 2. The second-order valence-corrected chi connectivity index (χ2v) is 5.00. The van der Waals surface area contributed by atoms with Gasteiger partial charge < -0.3 is 10.1 Å². The Balaban J connectivity index is 2.38. The zero-order chi connectivity index (χ0) is 13.8. The third-order valence-corrected chi connectivity index (χ3v) is 3.42. The van der Waals surface area contributed by atoms with Gasteiger partial charge in [0.1, 0.15) is 0 Å². The van der Waals surface area contributed by atoms with Gasteiger partial charge in [-0.2, -0.15) is 0 Å². The first-order valence-corrected chi connectivity index (χ1v) is 6.61. The Morgan fingerprint density at radius 2 is 1.89 bits per heavy atom. The Bertz CT molecular complexity index is 611. The average molecular weight is 320 g/mol. The molecule has 2 aromatic rings. The summed E-state index contributed by atoms with van der Waals surface area (Å²) in [6.45, 7) is 2.02. The lowest BCUT2D eigenvalue weighted by Crippen LogP contribution is -2.05. The Morgan fingerprint density at radius 1 is 1.16 bits per heavy atom. The molecule has 0 aliphatic rings. The van der Waals surface area contributed by atoms with E-state index in [9.17, 15) is 4.79 Å². The van der Waals surface area contributed by atoms with Crippen molar-refractivity contribution >= 4 is 33.3 Å². The second kappa shape index (κ2) is 5.89. The van der Waals surface area contributed by atoms with Crippen molar-refractivity contribution in [3.05, 3.63) is 58.1 Å². The maximum absolute atomic E-state index is 11.7. The van der Waals surface area contributed by atoms with Crippen LogP contribution >= 0.6 is 15.9 Å². The van der Waals surface area contributed by atoms with Gasteiger partial charge in [0.15, 0.2) is 0 Å². The number of nitrogens with one attached hydrogen (secondary N) is 1. The molecule has 0 bridgehead atoms. The van der Waals surface area contributed by atoms with Crippen LogP contribution in [0.2, 0.25) is 0 Å². The summed E-state index contributed by atoms with van der Waals surface area (Å²) >= 11 is 3.49. The summed E-state index contributed by atoms with van der Waals surface area (Å²) in [5.41, 5.74) is 3.29. The number of para-hydroxylation sites is 1. The summed E-state index contributed by atoms with van der Waals surface area (Å²) in [6.07, 6.45) is 0. The van der Waals surface area contributed by atoms with Crippen LogP contribution in [0, 0.1) is 6.92 Å². The molecular weight excluding hydrogens is 306 g/mol. The van der Waals surface area contributed by atoms with E-state index >= 15 is 0 Å². The summed E-state index contributed by atoms with van der Waals surface area (Å²) < 4.78 is 5.72. The molecule has 1 N–H and O–H groups in total. The number of methoxy groups -OCH3 is 1. The Labute approximate surface area is 120 Å². The molecule has 0 saturated carbocycles. The summed E-state index contributed by atoms with van der Waals surface area (Å²) in [6, 6.07) is 13.3. The van der Waals surface area contributed by atoms with Crippen LogP contribution in [0.1, 0.15) is 15.9 Å². The van der Waals surface area contributed by atoms with Crippen molar-refractivity contribution in [2.45, 2.75) is 6.92 Å². The first-order chi connectivity index (χ1) is 9.11. The molecule has 0 aliphatic heterocycles. The van der Waals surface area contributed by atoms with Crippen LogP contribution in [0.3, 0.4) is 0 Å². The lowest BCUT2D eigenvalue weighted by atomic mass is 10.1. The zero-order valence-electron chi connectivity index (χ0n) is 10.7. The van der Waals surface area contributed by atoms with Crippen LogP contribution in [0.4, 0.5) is 11.4 Å². The molecule has 0 unspecified atom stereocenters. The molecule has 0 heterocycles. The monoisotopic (exact) mass is 319 g/mol. The van der Waals surface area contributed by atoms with Crippen molar-refractivity contribution in [1.29, 1.82) is 0 Å². The maximum atomic E-state index is 11.7. The van der Waals surface area contributed by atoms with Gasteiger partial charge in [-0.3, -0.25) is 0 Å². The summed E-state index contributed by atoms with van der Waals surface area (Å²) in [7, 11) is 1.38. The highest BCUT2D eigenvalue weighted by Crippen LogP contribution is 2.28. The number of hydrogen-bond acceptors (Lipinski definition) is 3. The molecule has 19 heavy (non-hydrogen) atoms. The van der Waals surface area contributed by atoms with E-state index in [1.165, 1.54) is 7.11 Å². The Morgan fingerprint density at radius 3 is 2.63 bits per heavy atom. The Kier molecular flexibility index (Phi) is 4.22. The van der Waals surface area contributed by atoms with Crippen LogP contribution in [-0.2, 0) is 4.74 Å². The second-order valence-electron chi connectivity index (χ2n) is 4.15. The summed E-state index contributed by atoms with van der Waals surface area (Å²) in [4.78, 5) is 11.7. The number of halogens is 1. The molecule has 98 valence electrons. The minimum atomic E-state index is -0.355. The fourth-order valence-electron chi connectivity index (χ4n) is 1.76. The van der Waals surface area contributed by atoms with Crippen molar-refractivity contribution in [2.75, 3.05) is 12.4 Å². The largest absolute Gasteiger partial charge is 0.465 e. The molecule has 0 saturated heterocycles. The van der Waals surface area contributed by atoms with Crippen molar-refractivity contribution in [2.24, 2.45) is 0 Å². The van der Waals surface area contributed by atoms with Gasteiger partial charge in [-0.25, -0.2) is 4.79 Å². The number of ether oxygens (including phenoxy) is 1. The summed E-state index contributed by atoms with van der Waals surface area (Å²) in [5, 5.41) is 3.25. The molecule has 0 aliphatic carbocycles. The average Bonchev–Trinajstić information content (AvgIpc) is 2.42. The van der Waals surface area contributed by atoms with E-state index < -0.39 is 0 Å². The van der Waals surface area contributed by atoms with Crippen LogP contribution in [0.25, 0.3) is 0 Å². The van der Waals surface area contributed by atoms with Crippen molar-refractivity contribution < 1.29 is 9.53 Å². The molecule has 0 aromatic heterocycles. The highest BCUT2D eigenvalue weighted by molar-refractivity contribution is 9.10. The van der Waals surface area contributed by atoms with E-state index in [-0.39, 0.29) is 5.97 Å². The lowest BCUT2D eigenvalue weighted by Gasteiger charge is -2.12. The van der Waals surface area contributed by atoms with Gasteiger partial charge in [0, 0.05) is 4.47 Å². The van der Waals surface area contributed by atoms with Crippen LogP contribution in [0.5, 0.6) is 0 Å². The van der Waals surface area contributed by atoms with E-state index in [0.717, 1.165) is 21.4 Å². The van der Waals surface area contributed by atoms with Crippen LogP contribution in [-0.4, -0.2) is 13.1 Å². The molecule has 0 fully saturated rings. The van der Waals surface area contributed by atoms with Gasteiger partial charge in [0.2, 0.25) is 0 Å². The fraction of sp³-hybridized carbons (Fsp3) is 0.133. The third-order valence-electron chi connectivity index (χ3n) is 2.72. The first kappa shape index (κ1) is 13.6. The Hall–Kier alpha value is -1.81. The number of benzene rings is 2. The fourth-order valence-corrected chi connectivity index (χ4v) is 2.11. The third kappa shape index (κ3) is 3.15. The number of hydrogen-bond donors (Lipinski definition) is 1. The molecule has 2 aromatic carbocycles. The molecule has 0 amide bonds. The topological polar surface area (TPSA) is 38.3 Å². The van der Waals surface area contributed by atoms with Gasteiger partial charge in [0.05, 0.1) is 24.0 Å². The predicted molar refractivity (Wildman–Crippen MR) is 79.9 cm³/mol. The molecule has 3 nitrogen and oxygen atoms in total.